The second-order valence-corrected chi connectivity index (χ2v) is 4.94. The van der Waals surface area contributed by atoms with Gasteiger partial charge in [0.15, 0.2) is 0 Å². The van der Waals surface area contributed by atoms with E-state index in [1.54, 1.807) is 24.0 Å². The van der Waals surface area contributed by atoms with Crippen molar-refractivity contribution in [2.24, 2.45) is 0 Å². The molecule has 0 fully saturated rings. The van der Waals surface area contributed by atoms with E-state index >= 15 is 0 Å². The molecule has 0 aliphatic heterocycles. The molecule has 1 amide bonds. The summed E-state index contributed by atoms with van der Waals surface area (Å²) in [5.74, 6) is -0.568. The molecule has 124 valence electrons. The topological polar surface area (TPSA) is 47.4 Å². The normalized spacial score (nSPS) is 11.3. The number of alkyl halides is 3. The van der Waals surface area contributed by atoms with E-state index in [-0.39, 0.29) is 18.2 Å². The van der Waals surface area contributed by atoms with Crippen LogP contribution in [-0.2, 0) is 13.1 Å². The molecule has 5 nitrogen and oxygen atoms in total. The number of rotatable bonds is 5. The maximum atomic E-state index is 12.3. The van der Waals surface area contributed by atoms with E-state index in [9.17, 15) is 18.0 Å². The predicted molar refractivity (Wildman–Crippen MR) is 76.8 cm³/mol. The van der Waals surface area contributed by atoms with E-state index in [4.69, 9.17) is 0 Å². The Kier molecular flexibility index (Phi) is 4.92. The highest BCUT2D eigenvalue weighted by atomic mass is 19.4. The van der Waals surface area contributed by atoms with Crippen LogP contribution >= 0.6 is 0 Å². The van der Waals surface area contributed by atoms with Crippen LogP contribution in [0.5, 0.6) is 5.75 Å². The van der Waals surface area contributed by atoms with E-state index < -0.39 is 6.36 Å². The molecule has 0 radical (unpaired) electrons. The molecule has 0 saturated heterocycles. The Morgan fingerprint density at radius 2 is 2.13 bits per heavy atom. The molecule has 8 heteroatoms. The molecule has 0 unspecified atom stereocenters. The van der Waals surface area contributed by atoms with E-state index in [0.29, 0.717) is 17.7 Å². The SMILES string of the molecule is CCn1cc(C(=O)N(C)Cc2cccc(OC(F)(F)F)c2)cn1. The van der Waals surface area contributed by atoms with Gasteiger partial charge in [0.25, 0.3) is 5.91 Å². The molecular formula is C15H16F3N3O2. The minimum atomic E-state index is -4.74. The molecule has 2 rings (SSSR count). The summed E-state index contributed by atoms with van der Waals surface area (Å²) in [4.78, 5) is 13.7. The molecule has 0 aliphatic carbocycles. The van der Waals surface area contributed by atoms with Gasteiger partial charge in [-0.2, -0.15) is 5.10 Å². The lowest BCUT2D eigenvalue weighted by atomic mass is 10.2. The number of nitrogens with zero attached hydrogens (tertiary/aromatic N) is 3. The number of amides is 1. The van der Waals surface area contributed by atoms with Crippen molar-refractivity contribution in [3.8, 4) is 5.75 Å². The Hall–Kier alpha value is -2.51. The van der Waals surface area contributed by atoms with E-state index in [1.807, 2.05) is 6.92 Å². The van der Waals surface area contributed by atoms with Gasteiger partial charge in [-0.05, 0) is 24.6 Å². The minimum Gasteiger partial charge on any atom is -0.406 e. The van der Waals surface area contributed by atoms with Crippen molar-refractivity contribution in [2.75, 3.05) is 7.05 Å². The van der Waals surface area contributed by atoms with Crippen LogP contribution in [0.4, 0.5) is 13.2 Å². The number of hydrogen-bond donors (Lipinski definition) is 0. The lowest BCUT2D eigenvalue weighted by Gasteiger charge is -2.17. The van der Waals surface area contributed by atoms with Crippen LogP contribution in [0.25, 0.3) is 0 Å². The van der Waals surface area contributed by atoms with E-state index in [0.717, 1.165) is 0 Å². The van der Waals surface area contributed by atoms with E-state index in [1.165, 1.54) is 29.3 Å². The summed E-state index contributed by atoms with van der Waals surface area (Å²) in [7, 11) is 1.57. The van der Waals surface area contributed by atoms with Crippen molar-refractivity contribution in [2.45, 2.75) is 26.4 Å². The first-order valence-electron chi connectivity index (χ1n) is 6.91. The number of ether oxygens (including phenoxy) is 1. The fourth-order valence-electron chi connectivity index (χ4n) is 2.05. The first-order valence-corrected chi connectivity index (χ1v) is 6.91. The highest BCUT2D eigenvalue weighted by molar-refractivity contribution is 5.93. The van der Waals surface area contributed by atoms with Crippen molar-refractivity contribution in [1.82, 2.24) is 14.7 Å². The number of hydrogen-bond acceptors (Lipinski definition) is 3. The molecule has 0 saturated carbocycles. The molecule has 23 heavy (non-hydrogen) atoms. The van der Waals surface area contributed by atoms with Gasteiger partial charge < -0.3 is 9.64 Å². The zero-order chi connectivity index (χ0) is 17.0. The maximum Gasteiger partial charge on any atom is 0.573 e. The van der Waals surface area contributed by atoms with Crippen molar-refractivity contribution in [3.05, 3.63) is 47.8 Å². The van der Waals surface area contributed by atoms with Crippen LogP contribution in [0.1, 0.15) is 22.8 Å². The smallest absolute Gasteiger partial charge is 0.406 e. The second-order valence-electron chi connectivity index (χ2n) is 4.94. The molecule has 0 atom stereocenters. The number of carbonyl (C=O) groups excluding carboxylic acids is 1. The molecule has 1 heterocycles. The molecule has 0 aliphatic rings. The zero-order valence-electron chi connectivity index (χ0n) is 12.7. The zero-order valence-corrected chi connectivity index (χ0v) is 12.7. The van der Waals surface area contributed by atoms with Gasteiger partial charge in [-0.25, -0.2) is 0 Å². The van der Waals surface area contributed by atoms with Gasteiger partial charge >= 0.3 is 6.36 Å². The molecule has 1 aromatic carbocycles. The van der Waals surface area contributed by atoms with Crippen LogP contribution in [0.3, 0.4) is 0 Å². The van der Waals surface area contributed by atoms with Crippen LogP contribution in [-0.4, -0.2) is 34.0 Å². The van der Waals surface area contributed by atoms with Crippen molar-refractivity contribution >= 4 is 5.91 Å². The first-order chi connectivity index (χ1) is 10.8. The minimum absolute atomic E-state index is 0.158. The Balaban J connectivity index is 2.06. The quantitative estimate of drug-likeness (QED) is 0.848. The average molecular weight is 327 g/mol. The van der Waals surface area contributed by atoms with Crippen molar-refractivity contribution in [1.29, 1.82) is 0 Å². The third-order valence-electron chi connectivity index (χ3n) is 3.10. The summed E-state index contributed by atoms with van der Waals surface area (Å²) < 4.78 is 42.2. The van der Waals surface area contributed by atoms with Crippen molar-refractivity contribution < 1.29 is 22.7 Å². The lowest BCUT2D eigenvalue weighted by molar-refractivity contribution is -0.274. The summed E-state index contributed by atoms with van der Waals surface area (Å²) in [6.07, 6.45) is -1.65. The fraction of sp³-hybridized carbons (Fsp3) is 0.333. The third-order valence-corrected chi connectivity index (χ3v) is 3.10. The molecule has 2 aromatic rings. The Labute approximate surface area is 131 Å². The first kappa shape index (κ1) is 16.9. The Morgan fingerprint density at radius 1 is 1.39 bits per heavy atom. The average Bonchev–Trinajstić information content (AvgIpc) is 2.93. The van der Waals surface area contributed by atoms with Crippen LogP contribution < -0.4 is 4.74 Å². The van der Waals surface area contributed by atoms with Gasteiger partial charge in [0.1, 0.15) is 5.75 Å². The number of carbonyl (C=O) groups is 1. The molecule has 1 aromatic heterocycles. The number of aryl methyl sites for hydroxylation is 1. The monoisotopic (exact) mass is 327 g/mol. The number of aromatic nitrogens is 2. The lowest BCUT2D eigenvalue weighted by Crippen LogP contribution is -2.26. The third kappa shape index (κ3) is 4.73. The highest BCUT2D eigenvalue weighted by Gasteiger charge is 2.31. The summed E-state index contributed by atoms with van der Waals surface area (Å²) in [5.41, 5.74) is 0.961. The van der Waals surface area contributed by atoms with Crippen molar-refractivity contribution in [3.63, 3.8) is 0 Å². The predicted octanol–water partition coefficient (Wildman–Crippen LogP) is 3.07. The van der Waals surface area contributed by atoms with Crippen LogP contribution in [0.2, 0.25) is 0 Å². The Morgan fingerprint density at radius 3 is 2.74 bits per heavy atom. The number of halogens is 3. The summed E-state index contributed by atoms with van der Waals surface area (Å²) >= 11 is 0. The summed E-state index contributed by atoms with van der Waals surface area (Å²) in [6, 6.07) is 5.54. The Bertz CT molecular complexity index is 683. The summed E-state index contributed by atoms with van der Waals surface area (Å²) in [6.45, 7) is 2.70. The van der Waals surface area contributed by atoms with Gasteiger partial charge in [-0.15, -0.1) is 13.2 Å². The second kappa shape index (κ2) is 6.72. The molecule has 0 N–H and O–H groups in total. The van der Waals surface area contributed by atoms with Crippen LogP contribution in [0.15, 0.2) is 36.7 Å². The standard InChI is InChI=1S/C15H16F3N3O2/c1-3-21-10-12(8-19-21)14(22)20(2)9-11-5-4-6-13(7-11)23-15(16,17)18/h4-8,10H,3,9H2,1-2H3. The fourth-order valence-corrected chi connectivity index (χ4v) is 2.05. The van der Waals surface area contributed by atoms with Gasteiger partial charge in [-0.1, -0.05) is 12.1 Å². The number of benzene rings is 1. The van der Waals surface area contributed by atoms with Crippen LogP contribution in [0, 0.1) is 0 Å². The molecular weight excluding hydrogens is 311 g/mol. The van der Waals surface area contributed by atoms with Gasteiger partial charge in [0.2, 0.25) is 0 Å². The maximum absolute atomic E-state index is 12.3. The van der Waals surface area contributed by atoms with Gasteiger partial charge in [-0.3, -0.25) is 9.48 Å². The molecule has 0 bridgehead atoms. The highest BCUT2D eigenvalue weighted by Crippen LogP contribution is 2.23. The summed E-state index contributed by atoms with van der Waals surface area (Å²) in [5, 5.41) is 4.02. The largest absolute Gasteiger partial charge is 0.573 e. The molecule has 0 spiro atoms. The van der Waals surface area contributed by atoms with E-state index in [2.05, 4.69) is 9.84 Å². The van der Waals surface area contributed by atoms with Gasteiger partial charge in [0, 0.05) is 26.3 Å². The van der Waals surface area contributed by atoms with Gasteiger partial charge in [0.05, 0.1) is 11.8 Å².